The summed E-state index contributed by atoms with van der Waals surface area (Å²) in [6.07, 6.45) is 1.38. The van der Waals surface area contributed by atoms with Crippen LogP contribution >= 0.6 is 0 Å². The number of nitrogens with one attached hydrogen (secondary N) is 1. The van der Waals surface area contributed by atoms with Gasteiger partial charge in [-0.25, -0.2) is 24.2 Å². The van der Waals surface area contributed by atoms with Gasteiger partial charge in [0.1, 0.15) is 11.6 Å². The number of nitrogens with zero attached hydrogens (tertiary/aromatic N) is 5. The van der Waals surface area contributed by atoms with Crippen molar-refractivity contribution in [2.24, 2.45) is 0 Å². The topological polar surface area (TPSA) is 96.4 Å². The Balaban J connectivity index is 1.67. The summed E-state index contributed by atoms with van der Waals surface area (Å²) < 4.78 is 6.48. The molecular formula is C15H20N6O3. The molecule has 1 fully saturated rings. The lowest BCUT2D eigenvalue weighted by molar-refractivity contribution is 0.105. The molecule has 1 aliphatic rings. The van der Waals surface area contributed by atoms with Gasteiger partial charge in [-0.1, -0.05) is 0 Å². The predicted molar refractivity (Wildman–Crippen MR) is 87.5 cm³/mol. The standard InChI is InChI=1S/C15H20N6O3/c1-3-24-15(23)20-8-6-19(7-9-20)13-5-4-12(10-16-13)21-11(2)17-18-14(21)22/h4-5,10H,3,6-9H2,1-2H3,(H,18,22). The number of aromatic amines is 1. The third kappa shape index (κ3) is 3.10. The van der Waals surface area contributed by atoms with E-state index in [-0.39, 0.29) is 11.8 Å². The number of aryl methyl sites for hydroxylation is 1. The van der Waals surface area contributed by atoms with E-state index >= 15 is 0 Å². The van der Waals surface area contributed by atoms with Gasteiger partial charge in [0, 0.05) is 26.2 Å². The number of hydrogen-bond acceptors (Lipinski definition) is 6. The summed E-state index contributed by atoms with van der Waals surface area (Å²) >= 11 is 0. The highest BCUT2D eigenvalue weighted by Gasteiger charge is 2.22. The average Bonchev–Trinajstić information content (AvgIpc) is 2.94. The number of ether oxygens (including phenoxy) is 1. The minimum atomic E-state index is -0.287. The van der Waals surface area contributed by atoms with E-state index in [1.165, 1.54) is 4.57 Å². The van der Waals surface area contributed by atoms with Crippen LogP contribution in [0.4, 0.5) is 10.6 Å². The van der Waals surface area contributed by atoms with E-state index < -0.39 is 0 Å². The van der Waals surface area contributed by atoms with Crippen LogP contribution in [0.3, 0.4) is 0 Å². The second kappa shape index (κ2) is 6.73. The van der Waals surface area contributed by atoms with Crippen LogP contribution in [0.1, 0.15) is 12.7 Å². The first-order chi connectivity index (χ1) is 11.6. The van der Waals surface area contributed by atoms with Gasteiger partial charge in [0.05, 0.1) is 18.5 Å². The maximum Gasteiger partial charge on any atom is 0.409 e. The Morgan fingerprint density at radius 1 is 1.29 bits per heavy atom. The Bertz CT molecular complexity index is 758. The second-order valence-corrected chi connectivity index (χ2v) is 5.46. The van der Waals surface area contributed by atoms with E-state index in [1.54, 1.807) is 24.9 Å². The fourth-order valence-electron chi connectivity index (χ4n) is 2.71. The highest BCUT2D eigenvalue weighted by molar-refractivity contribution is 5.68. The number of carbonyl (C=O) groups is 1. The maximum atomic E-state index is 11.7. The molecule has 128 valence electrons. The number of anilines is 1. The number of H-pyrrole nitrogens is 1. The highest BCUT2D eigenvalue weighted by atomic mass is 16.6. The fourth-order valence-corrected chi connectivity index (χ4v) is 2.71. The van der Waals surface area contributed by atoms with E-state index in [0.717, 1.165) is 5.82 Å². The molecule has 0 saturated carbocycles. The molecule has 0 spiro atoms. The minimum absolute atomic E-state index is 0.268. The van der Waals surface area contributed by atoms with Crippen molar-refractivity contribution >= 4 is 11.9 Å². The van der Waals surface area contributed by atoms with Crippen LogP contribution in [0.15, 0.2) is 23.1 Å². The van der Waals surface area contributed by atoms with Gasteiger partial charge in [-0.3, -0.25) is 0 Å². The Morgan fingerprint density at radius 2 is 2.04 bits per heavy atom. The van der Waals surface area contributed by atoms with Crippen molar-refractivity contribution in [3.05, 3.63) is 34.6 Å². The molecule has 1 saturated heterocycles. The molecule has 0 aliphatic carbocycles. The number of hydrogen-bond donors (Lipinski definition) is 1. The lowest BCUT2D eigenvalue weighted by atomic mass is 10.3. The maximum absolute atomic E-state index is 11.7. The summed E-state index contributed by atoms with van der Waals surface area (Å²) in [5.41, 5.74) is 0.380. The van der Waals surface area contributed by atoms with Gasteiger partial charge in [-0.15, -0.1) is 0 Å². The highest BCUT2D eigenvalue weighted by Crippen LogP contribution is 2.16. The van der Waals surface area contributed by atoms with Crippen LogP contribution in [-0.4, -0.2) is 63.5 Å². The van der Waals surface area contributed by atoms with Gasteiger partial charge in [-0.2, -0.15) is 5.10 Å². The largest absolute Gasteiger partial charge is 0.450 e. The van der Waals surface area contributed by atoms with Crippen molar-refractivity contribution in [3.63, 3.8) is 0 Å². The summed E-state index contributed by atoms with van der Waals surface area (Å²) in [5, 5.41) is 6.29. The number of rotatable bonds is 3. The van der Waals surface area contributed by atoms with Crippen molar-refractivity contribution in [1.82, 2.24) is 24.6 Å². The van der Waals surface area contributed by atoms with E-state index in [1.807, 2.05) is 12.1 Å². The zero-order chi connectivity index (χ0) is 17.1. The number of piperazine rings is 1. The molecule has 0 aromatic carbocycles. The molecule has 9 nitrogen and oxygen atoms in total. The van der Waals surface area contributed by atoms with Crippen LogP contribution in [0.25, 0.3) is 5.69 Å². The van der Waals surface area contributed by atoms with Gasteiger partial charge in [0.2, 0.25) is 0 Å². The van der Waals surface area contributed by atoms with Gasteiger partial charge >= 0.3 is 11.8 Å². The molecule has 24 heavy (non-hydrogen) atoms. The van der Waals surface area contributed by atoms with E-state index in [2.05, 4.69) is 20.1 Å². The molecule has 1 aliphatic heterocycles. The van der Waals surface area contributed by atoms with Crippen LogP contribution in [0, 0.1) is 6.92 Å². The first-order valence-electron chi connectivity index (χ1n) is 7.87. The molecule has 1 N–H and O–H groups in total. The normalized spacial score (nSPS) is 14.8. The molecule has 3 rings (SSSR count). The molecule has 9 heteroatoms. The summed E-state index contributed by atoms with van der Waals surface area (Å²) in [6, 6.07) is 3.71. The summed E-state index contributed by atoms with van der Waals surface area (Å²) in [4.78, 5) is 31.7. The smallest absolute Gasteiger partial charge is 0.409 e. The number of pyridine rings is 1. The van der Waals surface area contributed by atoms with Crippen molar-refractivity contribution in [3.8, 4) is 5.69 Å². The molecule has 0 radical (unpaired) electrons. The summed E-state index contributed by atoms with van der Waals surface area (Å²) in [5.74, 6) is 1.40. The minimum Gasteiger partial charge on any atom is -0.450 e. The molecule has 2 aromatic heterocycles. The zero-order valence-electron chi connectivity index (χ0n) is 13.7. The predicted octanol–water partition coefficient (Wildman–Crippen LogP) is 0.543. The molecular weight excluding hydrogens is 312 g/mol. The lowest BCUT2D eigenvalue weighted by Gasteiger charge is -2.34. The average molecular weight is 332 g/mol. The summed E-state index contributed by atoms with van der Waals surface area (Å²) in [6.45, 7) is 6.51. The van der Waals surface area contributed by atoms with Gasteiger partial charge < -0.3 is 14.5 Å². The van der Waals surface area contributed by atoms with E-state index in [4.69, 9.17) is 4.74 Å². The Hall–Kier alpha value is -2.84. The molecule has 1 amide bonds. The van der Waals surface area contributed by atoms with Crippen molar-refractivity contribution in [2.75, 3.05) is 37.7 Å². The first-order valence-corrected chi connectivity index (χ1v) is 7.87. The third-order valence-corrected chi connectivity index (χ3v) is 3.96. The number of carbonyl (C=O) groups excluding carboxylic acids is 1. The molecule has 3 heterocycles. The zero-order valence-corrected chi connectivity index (χ0v) is 13.7. The van der Waals surface area contributed by atoms with Gasteiger partial charge in [0.25, 0.3) is 0 Å². The van der Waals surface area contributed by atoms with Crippen LogP contribution in [0.5, 0.6) is 0 Å². The van der Waals surface area contributed by atoms with Crippen LogP contribution in [-0.2, 0) is 4.74 Å². The third-order valence-electron chi connectivity index (χ3n) is 3.96. The number of amides is 1. The number of aromatic nitrogens is 4. The summed E-state index contributed by atoms with van der Waals surface area (Å²) in [7, 11) is 0. The van der Waals surface area contributed by atoms with Crippen molar-refractivity contribution < 1.29 is 9.53 Å². The van der Waals surface area contributed by atoms with Crippen LogP contribution in [0.2, 0.25) is 0 Å². The fraction of sp³-hybridized carbons (Fsp3) is 0.467. The van der Waals surface area contributed by atoms with Gasteiger partial charge in [0.15, 0.2) is 0 Å². The van der Waals surface area contributed by atoms with Crippen molar-refractivity contribution in [2.45, 2.75) is 13.8 Å². The Morgan fingerprint density at radius 3 is 2.58 bits per heavy atom. The van der Waals surface area contributed by atoms with Crippen molar-refractivity contribution in [1.29, 1.82) is 0 Å². The SMILES string of the molecule is CCOC(=O)N1CCN(c2ccc(-n3c(C)n[nH]c3=O)cn2)CC1. The monoisotopic (exact) mass is 332 g/mol. The molecule has 0 atom stereocenters. The lowest BCUT2D eigenvalue weighted by Crippen LogP contribution is -2.49. The van der Waals surface area contributed by atoms with Crippen LogP contribution < -0.4 is 10.6 Å². The Kier molecular flexibility index (Phi) is 4.50. The molecule has 2 aromatic rings. The Labute approximate surface area is 138 Å². The molecule has 0 unspecified atom stereocenters. The molecule has 0 bridgehead atoms. The van der Waals surface area contributed by atoms with Gasteiger partial charge in [-0.05, 0) is 26.0 Å². The van der Waals surface area contributed by atoms with E-state index in [0.29, 0.717) is 44.3 Å². The van der Waals surface area contributed by atoms with E-state index in [9.17, 15) is 9.59 Å². The quantitative estimate of drug-likeness (QED) is 0.881. The second-order valence-electron chi connectivity index (χ2n) is 5.46. The first kappa shape index (κ1) is 16.0.